The quantitative estimate of drug-likeness (QED) is 0.816. The third-order valence-corrected chi connectivity index (χ3v) is 4.91. The molecule has 2 amide bonds. The predicted octanol–water partition coefficient (Wildman–Crippen LogP) is 1.42. The summed E-state index contributed by atoms with van der Waals surface area (Å²) >= 11 is 0. The van der Waals surface area contributed by atoms with Crippen LogP contribution in [0.15, 0.2) is 29.1 Å². The van der Waals surface area contributed by atoms with Gasteiger partial charge in [-0.15, -0.1) is 0 Å². The molecule has 2 aromatic rings. The maximum atomic E-state index is 12.6. The molecule has 0 bridgehead atoms. The number of nitrogens with zero attached hydrogens (tertiary/aromatic N) is 4. The zero-order chi connectivity index (χ0) is 19.6. The molecule has 0 unspecified atom stereocenters. The Morgan fingerprint density at radius 3 is 2.15 bits per heavy atom. The number of aryl methyl sites for hydroxylation is 1. The second-order valence-corrected chi connectivity index (χ2v) is 7.45. The first-order valence-electron chi connectivity index (χ1n) is 9.39. The maximum absolute atomic E-state index is 12.6. The van der Waals surface area contributed by atoms with Crippen molar-refractivity contribution < 1.29 is 9.59 Å². The van der Waals surface area contributed by atoms with Crippen LogP contribution in [0.25, 0.3) is 10.8 Å². The fraction of sp³-hybridized carbons (Fsp3) is 0.500. The van der Waals surface area contributed by atoms with Crippen LogP contribution < -0.4 is 5.56 Å². The van der Waals surface area contributed by atoms with E-state index < -0.39 is 0 Å². The van der Waals surface area contributed by atoms with Crippen LogP contribution in [0.4, 0.5) is 0 Å². The van der Waals surface area contributed by atoms with E-state index in [2.05, 4.69) is 5.10 Å². The molecule has 3 rings (SSSR count). The first-order chi connectivity index (χ1) is 12.9. The second-order valence-electron chi connectivity index (χ2n) is 7.45. The van der Waals surface area contributed by atoms with Gasteiger partial charge in [0.25, 0.3) is 5.56 Å². The topological polar surface area (TPSA) is 75.5 Å². The molecule has 0 aliphatic carbocycles. The molecule has 0 N–H and O–H groups in total. The SMILES string of the molecule is Cc1nn(CC(=O)N2CCN(C(=O)CC(C)C)CC2)c(=O)c2ccccc12. The van der Waals surface area contributed by atoms with Crippen molar-refractivity contribution in [2.24, 2.45) is 5.92 Å². The molecule has 1 aliphatic heterocycles. The Morgan fingerprint density at radius 2 is 1.56 bits per heavy atom. The summed E-state index contributed by atoms with van der Waals surface area (Å²) in [6.45, 7) is 7.86. The first kappa shape index (κ1) is 19.1. The molecule has 1 aromatic heterocycles. The van der Waals surface area contributed by atoms with Crippen LogP contribution in [0.5, 0.6) is 0 Å². The van der Waals surface area contributed by atoms with Gasteiger partial charge in [0, 0.05) is 38.0 Å². The minimum Gasteiger partial charge on any atom is -0.339 e. The van der Waals surface area contributed by atoms with Gasteiger partial charge in [-0.1, -0.05) is 32.0 Å². The molecule has 144 valence electrons. The highest BCUT2D eigenvalue weighted by Gasteiger charge is 2.25. The van der Waals surface area contributed by atoms with E-state index >= 15 is 0 Å². The van der Waals surface area contributed by atoms with E-state index in [1.165, 1.54) is 4.68 Å². The summed E-state index contributed by atoms with van der Waals surface area (Å²) in [5.74, 6) is 0.321. The summed E-state index contributed by atoms with van der Waals surface area (Å²) in [4.78, 5) is 40.9. The summed E-state index contributed by atoms with van der Waals surface area (Å²) in [6, 6.07) is 7.29. The molecule has 0 atom stereocenters. The summed E-state index contributed by atoms with van der Waals surface area (Å²) < 4.78 is 1.25. The van der Waals surface area contributed by atoms with Crippen LogP contribution in [0.1, 0.15) is 26.0 Å². The van der Waals surface area contributed by atoms with E-state index in [1.54, 1.807) is 11.0 Å². The zero-order valence-electron chi connectivity index (χ0n) is 16.1. The van der Waals surface area contributed by atoms with E-state index in [4.69, 9.17) is 0 Å². The van der Waals surface area contributed by atoms with E-state index in [-0.39, 0.29) is 23.9 Å². The van der Waals surface area contributed by atoms with Crippen molar-refractivity contribution in [3.8, 4) is 0 Å². The Bertz CT molecular complexity index is 911. The second kappa shape index (κ2) is 7.90. The first-order valence-corrected chi connectivity index (χ1v) is 9.39. The molecule has 1 aliphatic rings. The summed E-state index contributed by atoms with van der Waals surface area (Å²) in [5.41, 5.74) is 0.470. The van der Waals surface area contributed by atoms with Gasteiger partial charge in [0.2, 0.25) is 11.8 Å². The third-order valence-electron chi connectivity index (χ3n) is 4.91. The standard InChI is InChI=1S/C20H26N4O3/c1-14(2)12-18(25)22-8-10-23(11-9-22)19(26)13-24-20(27)17-7-5-4-6-16(17)15(3)21-24/h4-7,14H,8-13H2,1-3H3. The van der Waals surface area contributed by atoms with Gasteiger partial charge in [-0.2, -0.15) is 5.10 Å². The zero-order valence-corrected chi connectivity index (χ0v) is 16.1. The molecule has 1 saturated heterocycles. The Labute approximate surface area is 158 Å². The van der Waals surface area contributed by atoms with E-state index in [0.29, 0.717) is 43.9 Å². The van der Waals surface area contributed by atoms with Crippen molar-refractivity contribution in [3.63, 3.8) is 0 Å². The van der Waals surface area contributed by atoms with E-state index in [9.17, 15) is 14.4 Å². The number of amides is 2. The van der Waals surface area contributed by atoms with Gasteiger partial charge in [0.15, 0.2) is 0 Å². The molecule has 0 saturated carbocycles. The lowest BCUT2D eigenvalue weighted by Gasteiger charge is -2.35. The van der Waals surface area contributed by atoms with Crippen molar-refractivity contribution >= 4 is 22.6 Å². The summed E-state index contributed by atoms with van der Waals surface area (Å²) in [6.07, 6.45) is 0.531. The Morgan fingerprint density at radius 1 is 1.00 bits per heavy atom. The number of hydrogen-bond acceptors (Lipinski definition) is 4. The van der Waals surface area contributed by atoms with Gasteiger partial charge < -0.3 is 9.80 Å². The number of fused-ring (bicyclic) bond motifs is 1. The van der Waals surface area contributed by atoms with Crippen LogP contribution in [0.2, 0.25) is 0 Å². The molecule has 1 fully saturated rings. The van der Waals surface area contributed by atoms with Gasteiger partial charge in [0.05, 0.1) is 11.1 Å². The molecule has 7 nitrogen and oxygen atoms in total. The fourth-order valence-electron chi connectivity index (χ4n) is 3.42. The lowest BCUT2D eigenvalue weighted by molar-refractivity contribution is -0.140. The molecular formula is C20H26N4O3. The highest BCUT2D eigenvalue weighted by atomic mass is 16.2. The lowest BCUT2D eigenvalue weighted by atomic mass is 10.1. The summed E-state index contributed by atoms with van der Waals surface area (Å²) in [7, 11) is 0. The molecule has 27 heavy (non-hydrogen) atoms. The number of hydrogen-bond donors (Lipinski definition) is 0. The molecular weight excluding hydrogens is 344 g/mol. The Hall–Kier alpha value is -2.70. The number of benzene rings is 1. The van der Waals surface area contributed by atoms with Crippen molar-refractivity contribution in [3.05, 3.63) is 40.3 Å². The maximum Gasteiger partial charge on any atom is 0.275 e. The minimum absolute atomic E-state index is 0.0789. The average molecular weight is 370 g/mol. The van der Waals surface area contributed by atoms with Gasteiger partial charge in [-0.3, -0.25) is 14.4 Å². The van der Waals surface area contributed by atoms with E-state index in [0.717, 1.165) is 11.1 Å². The van der Waals surface area contributed by atoms with Crippen molar-refractivity contribution in [1.82, 2.24) is 19.6 Å². The van der Waals surface area contributed by atoms with Crippen molar-refractivity contribution in [2.75, 3.05) is 26.2 Å². The Kier molecular flexibility index (Phi) is 5.58. The lowest BCUT2D eigenvalue weighted by Crippen LogP contribution is -2.51. The number of piperazine rings is 1. The van der Waals surface area contributed by atoms with Crippen LogP contribution in [0, 0.1) is 12.8 Å². The number of carbonyl (C=O) groups excluding carboxylic acids is 2. The molecule has 1 aromatic carbocycles. The van der Waals surface area contributed by atoms with Crippen LogP contribution in [-0.2, 0) is 16.1 Å². The fourth-order valence-corrected chi connectivity index (χ4v) is 3.42. The average Bonchev–Trinajstić information content (AvgIpc) is 2.65. The van der Waals surface area contributed by atoms with Gasteiger partial charge in [-0.05, 0) is 18.9 Å². The normalized spacial score (nSPS) is 14.8. The predicted molar refractivity (Wildman–Crippen MR) is 103 cm³/mol. The smallest absolute Gasteiger partial charge is 0.275 e. The molecule has 0 spiro atoms. The van der Waals surface area contributed by atoms with Crippen LogP contribution in [-0.4, -0.2) is 57.6 Å². The summed E-state index contributed by atoms with van der Waals surface area (Å²) in [5, 5.41) is 5.68. The molecule has 0 radical (unpaired) electrons. The molecule has 2 heterocycles. The highest BCUT2D eigenvalue weighted by Crippen LogP contribution is 2.12. The number of rotatable bonds is 4. The highest BCUT2D eigenvalue weighted by molar-refractivity contribution is 5.84. The van der Waals surface area contributed by atoms with Gasteiger partial charge in [-0.25, -0.2) is 4.68 Å². The van der Waals surface area contributed by atoms with Crippen molar-refractivity contribution in [1.29, 1.82) is 0 Å². The van der Waals surface area contributed by atoms with Gasteiger partial charge >= 0.3 is 0 Å². The number of aromatic nitrogens is 2. The third kappa shape index (κ3) is 4.18. The largest absolute Gasteiger partial charge is 0.339 e. The van der Waals surface area contributed by atoms with Crippen LogP contribution >= 0.6 is 0 Å². The van der Waals surface area contributed by atoms with Gasteiger partial charge in [0.1, 0.15) is 6.54 Å². The van der Waals surface area contributed by atoms with Crippen molar-refractivity contribution in [2.45, 2.75) is 33.7 Å². The Balaban J connectivity index is 1.67. The monoisotopic (exact) mass is 370 g/mol. The molecule has 7 heteroatoms. The van der Waals surface area contributed by atoms with E-state index in [1.807, 2.05) is 43.9 Å². The number of carbonyl (C=O) groups is 2. The minimum atomic E-state index is -0.254. The van der Waals surface area contributed by atoms with Crippen LogP contribution in [0.3, 0.4) is 0 Å².